The minimum absolute atomic E-state index is 0.512. The molecular weight excluding hydrogens is 286 g/mol. The molecule has 1 rings (SSSR count). The molecule has 0 saturated heterocycles. The van der Waals surface area contributed by atoms with E-state index in [2.05, 4.69) is 26.0 Å². The number of hydrogen-bond acceptors (Lipinski definition) is 3. The van der Waals surface area contributed by atoms with Crippen molar-refractivity contribution < 1.29 is 14.3 Å². The maximum atomic E-state index is 11.3. The first kappa shape index (κ1) is 13.8. The van der Waals surface area contributed by atoms with Crippen molar-refractivity contribution in [2.45, 2.75) is 20.8 Å². The zero-order valence-corrected chi connectivity index (χ0v) is 12.2. The smallest absolute Gasteiger partial charge is 0.411 e. The molecule has 0 atom stereocenters. The van der Waals surface area contributed by atoms with Crippen LogP contribution in [0.15, 0.2) is 4.47 Å². The SMILES string of the molecule is COC(=O)Nc1c(C)c(Br)c(C)c(C)c1OC. The number of carbonyl (C=O) groups excluding carboxylic acids is 1. The van der Waals surface area contributed by atoms with Crippen LogP contribution in [0.1, 0.15) is 16.7 Å². The predicted molar refractivity (Wildman–Crippen MR) is 70.9 cm³/mol. The lowest BCUT2D eigenvalue weighted by Crippen LogP contribution is -2.14. The van der Waals surface area contributed by atoms with Gasteiger partial charge in [-0.15, -0.1) is 0 Å². The number of amides is 1. The molecule has 0 radical (unpaired) electrons. The highest BCUT2D eigenvalue weighted by Gasteiger charge is 2.18. The van der Waals surface area contributed by atoms with Crippen molar-refractivity contribution in [2.24, 2.45) is 0 Å². The lowest BCUT2D eigenvalue weighted by Gasteiger charge is -2.18. The average molecular weight is 302 g/mol. The summed E-state index contributed by atoms with van der Waals surface area (Å²) in [5, 5.41) is 2.67. The van der Waals surface area contributed by atoms with E-state index < -0.39 is 6.09 Å². The quantitative estimate of drug-likeness (QED) is 0.908. The Hall–Kier alpha value is -1.23. The molecule has 17 heavy (non-hydrogen) atoms. The van der Waals surface area contributed by atoms with Crippen LogP contribution in [0.2, 0.25) is 0 Å². The molecule has 0 fully saturated rings. The van der Waals surface area contributed by atoms with Gasteiger partial charge in [0.1, 0.15) is 5.75 Å². The molecule has 0 aliphatic heterocycles. The van der Waals surface area contributed by atoms with E-state index >= 15 is 0 Å². The second-order valence-corrected chi connectivity index (χ2v) is 4.51. The maximum absolute atomic E-state index is 11.3. The predicted octanol–water partition coefficient (Wildman–Crippen LogP) is 3.56. The summed E-state index contributed by atoms with van der Waals surface area (Å²) in [6, 6.07) is 0. The van der Waals surface area contributed by atoms with Gasteiger partial charge in [-0.1, -0.05) is 15.9 Å². The van der Waals surface area contributed by atoms with Crippen molar-refractivity contribution in [3.8, 4) is 5.75 Å². The van der Waals surface area contributed by atoms with Crippen LogP contribution in [0.5, 0.6) is 5.75 Å². The Morgan fingerprint density at radius 1 is 1.12 bits per heavy atom. The average Bonchev–Trinajstić information content (AvgIpc) is 2.33. The number of hydrogen-bond donors (Lipinski definition) is 1. The van der Waals surface area contributed by atoms with E-state index in [1.807, 2.05) is 20.8 Å². The Morgan fingerprint density at radius 3 is 2.18 bits per heavy atom. The minimum Gasteiger partial charge on any atom is -0.494 e. The van der Waals surface area contributed by atoms with E-state index in [0.717, 1.165) is 21.2 Å². The van der Waals surface area contributed by atoms with Crippen molar-refractivity contribution in [1.82, 2.24) is 0 Å². The Morgan fingerprint density at radius 2 is 1.71 bits per heavy atom. The molecule has 1 aromatic rings. The van der Waals surface area contributed by atoms with Crippen LogP contribution >= 0.6 is 15.9 Å². The molecule has 0 aliphatic rings. The van der Waals surface area contributed by atoms with Gasteiger partial charge in [-0.05, 0) is 37.5 Å². The normalized spacial score (nSPS) is 10.0. The molecule has 4 nitrogen and oxygen atoms in total. The third kappa shape index (κ3) is 2.54. The maximum Gasteiger partial charge on any atom is 0.411 e. The van der Waals surface area contributed by atoms with E-state index in [1.54, 1.807) is 7.11 Å². The molecule has 1 N–H and O–H groups in total. The third-order valence-electron chi connectivity index (χ3n) is 2.78. The van der Waals surface area contributed by atoms with Gasteiger partial charge < -0.3 is 9.47 Å². The highest BCUT2D eigenvalue weighted by Crippen LogP contribution is 2.39. The summed E-state index contributed by atoms with van der Waals surface area (Å²) in [7, 11) is 2.91. The Kier molecular flexibility index (Phi) is 4.40. The topological polar surface area (TPSA) is 47.6 Å². The lowest BCUT2D eigenvalue weighted by atomic mass is 10.0. The number of ether oxygens (including phenoxy) is 2. The molecule has 1 amide bonds. The van der Waals surface area contributed by atoms with Crippen molar-refractivity contribution in [3.05, 3.63) is 21.2 Å². The van der Waals surface area contributed by atoms with E-state index in [-0.39, 0.29) is 0 Å². The molecule has 5 heteroatoms. The molecule has 0 spiro atoms. The molecule has 94 valence electrons. The summed E-state index contributed by atoms with van der Waals surface area (Å²) >= 11 is 3.51. The van der Waals surface area contributed by atoms with Crippen LogP contribution in [-0.4, -0.2) is 20.3 Å². The van der Waals surface area contributed by atoms with E-state index in [9.17, 15) is 4.79 Å². The summed E-state index contributed by atoms with van der Waals surface area (Å²) in [5.41, 5.74) is 3.62. The van der Waals surface area contributed by atoms with Crippen LogP contribution in [-0.2, 0) is 4.74 Å². The summed E-state index contributed by atoms with van der Waals surface area (Å²) < 4.78 is 10.9. The first-order valence-corrected chi connectivity index (χ1v) is 5.91. The first-order valence-electron chi connectivity index (χ1n) is 5.12. The van der Waals surface area contributed by atoms with E-state index in [0.29, 0.717) is 11.4 Å². The summed E-state index contributed by atoms with van der Waals surface area (Å²) in [6.07, 6.45) is -0.512. The van der Waals surface area contributed by atoms with Crippen molar-refractivity contribution in [2.75, 3.05) is 19.5 Å². The zero-order chi connectivity index (χ0) is 13.2. The summed E-state index contributed by atoms with van der Waals surface area (Å²) in [6.45, 7) is 5.85. The second kappa shape index (κ2) is 5.40. The molecule has 0 heterocycles. The van der Waals surface area contributed by atoms with Gasteiger partial charge in [0.15, 0.2) is 0 Å². The third-order valence-corrected chi connectivity index (χ3v) is 3.97. The number of anilines is 1. The highest BCUT2D eigenvalue weighted by atomic mass is 79.9. The number of halogens is 1. The lowest BCUT2D eigenvalue weighted by molar-refractivity contribution is 0.186. The fraction of sp³-hybridized carbons (Fsp3) is 0.417. The Bertz CT molecular complexity index is 458. The van der Waals surface area contributed by atoms with Gasteiger partial charge in [0, 0.05) is 4.47 Å². The molecule has 1 aromatic carbocycles. The van der Waals surface area contributed by atoms with Crippen molar-refractivity contribution in [3.63, 3.8) is 0 Å². The highest BCUT2D eigenvalue weighted by molar-refractivity contribution is 9.10. The minimum atomic E-state index is -0.512. The van der Waals surface area contributed by atoms with Gasteiger partial charge >= 0.3 is 6.09 Å². The molecule has 0 aliphatic carbocycles. The second-order valence-electron chi connectivity index (χ2n) is 3.71. The Balaban J connectivity index is 3.41. The Labute approximate surface area is 109 Å². The van der Waals surface area contributed by atoms with Crippen molar-refractivity contribution >= 4 is 27.7 Å². The number of methoxy groups -OCH3 is 2. The standard InChI is InChI=1S/C12H16BrNO3/c1-6-7(2)11(16-4)10(8(3)9(6)13)14-12(15)17-5/h1-5H3,(H,14,15). The van der Waals surface area contributed by atoms with Gasteiger partial charge in [-0.25, -0.2) is 4.79 Å². The van der Waals surface area contributed by atoms with Crippen molar-refractivity contribution in [1.29, 1.82) is 0 Å². The molecule has 0 aromatic heterocycles. The fourth-order valence-electron chi connectivity index (χ4n) is 1.64. The molecule has 0 unspecified atom stereocenters. The van der Waals surface area contributed by atoms with Crippen LogP contribution in [0, 0.1) is 20.8 Å². The van der Waals surface area contributed by atoms with Gasteiger partial charge in [0.2, 0.25) is 0 Å². The van der Waals surface area contributed by atoms with Gasteiger partial charge in [0.25, 0.3) is 0 Å². The largest absolute Gasteiger partial charge is 0.494 e. The van der Waals surface area contributed by atoms with Gasteiger partial charge in [-0.3, -0.25) is 5.32 Å². The number of rotatable bonds is 2. The molecule has 0 saturated carbocycles. The summed E-state index contributed by atoms with van der Waals surface area (Å²) in [5.74, 6) is 0.661. The summed E-state index contributed by atoms with van der Waals surface area (Å²) in [4.78, 5) is 11.3. The van der Waals surface area contributed by atoms with Crippen LogP contribution in [0.25, 0.3) is 0 Å². The van der Waals surface area contributed by atoms with Gasteiger partial charge in [0.05, 0.1) is 19.9 Å². The first-order chi connectivity index (χ1) is 7.93. The molecule has 0 bridgehead atoms. The van der Waals surface area contributed by atoms with E-state index in [4.69, 9.17) is 4.74 Å². The number of benzene rings is 1. The number of nitrogens with one attached hydrogen (secondary N) is 1. The van der Waals surface area contributed by atoms with Crippen LogP contribution in [0.4, 0.5) is 10.5 Å². The number of carbonyl (C=O) groups is 1. The molecular formula is C12H16BrNO3. The van der Waals surface area contributed by atoms with E-state index in [1.165, 1.54) is 7.11 Å². The van der Waals surface area contributed by atoms with Gasteiger partial charge in [-0.2, -0.15) is 0 Å². The zero-order valence-electron chi connectivity index (χ0n) is 10.6. The van der Waals surface area contributed by atoms with Crippen LogP contribution in [0.3, 0.4) is 0 Å². The van der Waals surface area contributed by atoms with Crippen LogP contribution < -0.4 is 10.1 Å². The monoisotopic (exact) mass is 301 g/mol. The fourth-order valence-corrected chi connectivity index (χ4v) is 2.14.